The van der Waals surface area contributed by atoms with Gasteiger partial charge in [-0.15, -0.1) is 0 Å². The van der Waals surface area contributed by atoms with Gasteiger partial charge in [0.25, 0.3) is 0 Å². The number of benzene rings is 1. The maximum Gasteiger partial charge on any atom is 0.0233 e. The van der Waals surface area contributed by atoms with Crippen LogP contribution in [0.1, 0.15) is 36.5 Å². The third kappa shape index (κ3) is 2.45. The molecule has 98 valence electrons. The van der Waals surface area contributed by atoms with Gasteiger partial charge in [-0.2, -0.15) is 0 Å². The summed E-state index contributed by atoms with van der Waals surface area (Å²) in [4.78, 5) is 2.56. The molecule has 2 aliphatic rings. The molecule has 1 aromatic carbocycles. The van der Waals surface area contributed by atoms with E-state index in [0.29, 0.717) is 12.0 Å². The van der Waals surface area contributed by atoms with Crippen LogP contribution in [0.15, 0.2) is 18.2 Å². The summed E-state index contributed by atoms with van der Waals surface area (Å²) in [6, 6.07) is 7.50. The molecule has 0 bridgehead atoms. The smallest absolute Gasteiger partial charge is 0.0233 e. The van der Waals surface area contributed by atoms with Gasteiger partial charge in [0.05, 0.1) is 0 Å². The van der Waals surface area contributed by atoms with Gasteiger partial charge in [-0.05, 0) is 54.8 Å². The van der Waals surface area contributed by atoms with Crippen molar-refractivity contribution in [2.75, 3.05) is 13.1 Å². The molecule has 0 amide bonds. The van der Waals surface area contributed by atoms with Crippen LogP contribution in [0.3, 0.4) is 0 Å². The Labute approximate surface area is 110 Å². The van der Waals surface area contributed by atoms with Gasteiger partial charge < -0.3 is 5.73 Å². The molecule has 1 saturated heterocycles. The van der Waals surface area contributed by atoms with E-state index in [9.17, 15) is 0 Å². The van der Waals surface area contributed by atoms with E-state index in [1.807, 2.05) is 0 Å². The molecule has 1 aliphatic heterocycles. The molecule has 2 heteroatoms. The Kier molecular flexibility index (Phi) is 3.40. The van der Waals surface area contributed by atoms with Crippen LogP contribution in [0.25, 0.3) is 0 Å². The Morgan fingerprint density at radius 3 is 2.94 bits per heavy atom. The number of hydrogen-bond donors (Lipinski definition) is 1. The van der Waals surface area contributed by atoms with Crippen LogP contribution in [0.5, 0.6) is 0 Å². The average molecular weight is 244 g/mol. The van der Waals surface area contributed by atoms with Crippen LogP contribution in [0, 0.1) is 5.92 Å². The Hall–Kier alpha value is -0.860. The van der Waals surface area contributed by atoms with Gasteiger partial charge in [0.2, 0.25) is 0 Å². The zero-order valence-corrected chi connectivity index (χ0v) is 11.4. The van der Waals surface area contributed by atoms with Crippen LogP contribution in [-0.4, -0.2) is 24.0 Å². The molecule has 0 radical (unpaired) electrons. The Morgan fingerprint density at radius 2 is 2.11 bits per heavy atom. The predicted octanol–water partition coefficient (Wildman–Crippen LogP) is 2.34. The fourth-order valence-corrected chi connectivity index (χ4v) is 3.38. The third-order valence-corrected chi connectivity index (χ3v) is 4.62. The lowest BCUT2D eigenvalue weighted by molar-refractivity contribution is 0.158. The first kappa shape index (κ1) is 12.2. The first-order valence-electron chi connectivity index (χ1n) is 7.31. The molecule has 0 aromatic heterocycles. The maximum absolute atomic E-state index is 6.08. The van der Waals surface area contributed by atoms with Gasteiger partial charge in [-0.25, -0.2) is 0 Å². The zero-order chi connectivity index (χ0) is 12.5. The zero-order valence-electron chi connectivity index (χ0n) is 11.4. The largest absolute Gasteiger partial charge is 0.327 e. The van der Waals surface area contributed by atoms with Gasteiger partial charge in [0.1, 0.15) is 0 Å². The van der Waals surface area contributed by atoms with Gasteiger partial charge in [-0.1, -0.05) is 25.1 Å². The van der Waals surface area contributed by atoms with Crippen molar-refractivity contribution in [1.29, 1.82) is 0 Å². The molecule has 2 atom stereocenters. The molecule has 2 unspecified atom stereocenters. The standard InChI is InChI=1S/C16H24N2/c1-12-10-18(8-7-16(12)17)11-13-5-6-14-3-2-4-15(14)9-13/h5-6,9,12,16H,2-4,7-8,10-11,17H2,1H3. The minimum atomic E-state index is 0.404. The molecular formula is C16H24N2. The lowest BCUT2D eigenvalue weighted by atomic mass is 9.94. The minimum absolute atomic E-state index is 0.404. The van der Waals surface area contributed by atoms with Crippen molar-refractivity contribution in [3.05, 3.63) is 34.9 Å². The van der Waals surface area contributed by atoms with E-state index in [2.05, 4.69) is 30.0 Å². The molecule has 0 saturated carbocycles. The molecule has 2 nitrogen and oxygen atoms in total. The SMILES string of the molecule is CC1CN(Cc2ccc3c(c2)CCC3)CCC1N. The van der Waals surface area contributed by atoms with Crippen LogP contribution in [0.2, 0.25) is 0 Å². The van der Waals surface area contributed by atoms with E-state index in [1.54, 1.807) is 11.1 Å². The molecule has 1 fully saturated rings. The number of piperidine rings is 1. The third-order valence-electron chi connectivity index (χ3n) is 4.62. The predicted molar refractivity (Wildman–Crippen MR) is 75.5 cm³/mol. The number of nitrogens with zero attached hydrogens (tertiary/aromatic N) is 1. The number of fused-ring (bicyclic) bond motifs is 1. The molecule has 3 rings (SSSR count). The van der Waals surface area contributed by atoms with E-state index in [1.165, 1.54) is 24.8 Å². The average Bonchev–Trinajstić information content (AvgIpc) is 2.81. The molecule has 1 aromatic rings. The number of rotatable bonds is 2. The van der Waals surface area contributed by atoms with Crippen LogP contribution in [0.4, 0.5) is 0 Å². The van der Waals surface area contributed by atoms with Gasteiger partial charge in [0.15, 0.2) is 0 Å². The highest BCUT2D eigenvalue weighted by Gasteiger charge is 2.23. The van der Waals surface area contributed by atoms with Crippen molar-refractivity contribution in [3.63, 3.8) is 0 Å². The fraction of sp³-hybridized carbons (Fsp3) is 0.625. The van der Waals surface area contributed by atoms with Gasteiger partial charge in [0, 0.05) is 19.1 Å². The second-order valence-corrected chi connectivity index (χ2v) is 6.12. The highest BCUT2D eigenvalue weighted by molar-refractivity contribution is 5.35. The topological polar surface area (TPSA) is 29.3 Å². The van der Waals surface area contributed by atoms with Crippen LogP contribution >= 0.6 is 0 Å². The van der Waals surface area contributed by atoms with Gasteiger partial charge >= 0.3 is 0 Å². The highest BCUT2D eigenvalue weighted by atomic mass is 15.1. The molecule has 0 spiro atoms. The van der Waals surface area contributed by atoms with E-state index < -0.39 is 0 Å². The van der Waals surface area contributed by atoms with Crippen LogP contribution in [-0.2, 0) is 19.4 Å². The minimum Gasteiger partial charge on any atom is -0.327 e. The van der Waals surface area contributed by atoms with E-state index in [4.69, 9.17) is 5.73 Å². The monoisotopic (exact) mass is 244 g/mol. The summed E-state index contributed by atoms with van der Waals surface area (Å²) in [5.41, 5.74) is 10.7. The second-order valence-electron chi connectivity index (χ2n) is 6.12. The summed E-state index contributed by atoms with van der Waals surface area (Å²) in [6.07, 6.45) is 5.05. The Bertz CT molecular complexity index is 427. The van der Waals surface area contributed by atoms with E-state index in [0.717, 1.165) is 26.1 Å². The number of aryl methyl sites for hydroxylation is 2. The Morgan fingerprint density at radius 1 is 1.28 bits per heavy atom. The maximum atomic E-state index is 6.08. The molecule has 2 N–H and O–H groups in total. The summed E-state index contributed by atoms with van der Waals surface area (Å²) in [7, 11) is 0. The molecular weight excluding hydrogens is 220 g/mol. The Balaban J connectivity index is 1.66. The normalized spacial score (nSPS) is 28.3. The van der Waals surface area contributed by atoms with Crippen molar-refractivity contribution in [3.8, 4) is 0 Å². The van der Waals surface area contributed by atoms with Crippen molar-refractivity contribution < 1.29 is 0 Å². The molecule has 1 aliphatic carbocycles. The quantitative estimate of drug-likeness (QED) is 0.865. The van der Waals surface area contributed by atoms with Crippen molar-refractivity contribution in [2.24, 2.45) is 11.7 Å². The number of nitrogens with two attached hydrogens (primary N) is 1. The lowest BCUT2D eigenvalue weighted by Gasteiger charge is -2.35. The summed E-state index contributed by atoms with van der Waals surface area (Å²) in [5, 5.41) is 0. The summed E-state index contributed by atoms with van der Waals surface area (Å²) >= 11 is 0. The van der Waals surface area contributed by atoms with Crippen molar-refractivity contribution >= 4 is 0 Å². The second kappa shape index (κ2) is 5.02. The van der Waals surface area contributed by atoms with E-state index in [-0.39, 0.29) is 0 Å². The number of hydrogen-bond acceptors (Lipinski definition) is 2. The van der Waals surface area contributed by atoms with Crippen molar-refractivity contribution in [2.45, 2.75) is 45.2 Å². The molecule has 1 heterocycles. The summed E-state index contributed by atoms with van der Waals surface area (Å²) < 4.78 is 0. The summed E-state index contributed by atoms with van der Waals surface area (Å²) in [5.74, 6) is 0.633. The first-order valence-corrected chi connectivity index (χ1v) is 7.31. The summed E-state index contributed by atoms with van der Waals surface area (Å²) in [6.45, 7) is 5.69. The lowest BCUT2D eigenvalue weighted by Crippen LogP contribution is -2.45. The van der Waals surface area contributed by atoms with E-state index >= 15 is 0 Å². The van der Waals surface area contributed by atoms with Crippen molar-refractivity contribution in [1.82, 2.24) is 4.90 Å². The first-order chi connectivity index (χ1) is 8.72. The molecule has 18 heavy (non-hydrogen) atoms. The van der Waals surface area contributed by atoms with Gasteiger partial charge in [-0.3, -0.25) is 4.90 Å². The number of likely N-dealkylation sites (tertiary alicyclic amines) is 1. The van der Waals surface area contributed by atoms with Crippen LogP contribution < -0.4 is 5.73 Å². The fourth-order valence-electron chi connectivity index (χ4n) is 3.38. The highest BCUT2D eigenvalue weighted by Crippen LogP contribution is 2.24.